The van der Waals surface area contributed by atoms with E-state index in [1.807, 2.05) is 30.3 Å². The Morgan fingerprint density at radius 2 is 1.84 bits per heavy atom. The van der Waals surface area contributed by atoms with E-state index in [1.54, 1.807) is 12.1 Å². The summed E-state index contributed by atoms with van der Waals surface area (Å²) in [6.07, 6.45) is 1.22. The number of carboxylic acid groups (broad SMARTS) is 1. The standard InChI is InChI=1S/C15H9ClO3/c16-13-7-10(9-4-2-1-3-5-9)6-11-12(15(17)18)8-19-14(11)13/h1-8H,(H,17,18). The normalized spacial score (nSPS) is 10.8. The summed E-state index contributed by atoms with van der Waals surface area (Å²) in [5, 5.41) is 10.0. The Morgan fingerprint density at radius 1 is 1.11 bits per heavy atom. The average Bonchev–Trinajstić information content (AvgIpc) is 2.84. The molecule has 0 unspecified atom stereocenters. The molecule has 0 radical (unpaired) electrons. The van der Waals surface area contributed by atoms with Gasteiger partial charge in [0.1, 0.15) is 11.8 Å². The van der Waals surface area contributed by atoms with Crippen molar-refractivity contribution < 1.29 is 14.3 Å². The van der Waals surface area contributed by atoms with Gasteiger partial charge >= 0.3 is 5.97 Å². The first kappa shape index (κ1) is 11.8. The van der Waals surface area contributed by atoms with Gasteiger partial charge in [0.2, 0.25) is 0 Å². The van der Waals surface area contributed by atoms with Crippen molar-refractivity contribution in [3.8, 4) is 11.1 Å². The van der Waals surface area contributed by atoms with Gasteiger partial charge in [-0.1, -0.05) is 41.9 Å². The molecule has 19 heavy (non-hydrogen) atoms. The first-order valence-electron chi connectivity index (χ1n) is 5.66. The summed E-state index contributed by atoms with van der Waals surface area (Å²) in [7, 11) is 0. The average molecular weight is 273 g/mol. The van der Waals surface area contributed by atoms with Gasteiger partial charge in [0.15, 0.2) is 5.58 Å². The van der Waals surface area contributed by atoms with Gasteiger partial charge in [0.05, 0.1) is 5.02 Å². The first-order valence-corrected chi connectivity index (χ1v) is 6.04. The third-order valence-corrected chi connectivity index (χ3v) is 3.25. The fraction of sp³-hybridized carbons (Fsp3) is 0. The minimum absolute atomic E-state index is 0.120. The summed E-state index contributed by atoms with van der Waals surface area (Å²) >= 11 is 6.14. The number of hydrogen-bond acceptors (Lipinski definition) is 2. The zero-order valence-corrected chi connectivity index (χ0v) is 10.5. The smallest absolute Gasteiger partial charge is 0.339 e. The van der Waals surface area contributed by atoms with Gasteiger partial charge in [0, 0.05) is 5.39 Å². The largest absolute Gasteiger partial charge is 0.478 e. The first-order chi connectivity index (χ1) is 9.16. The van der Waals surface area contributed by atoms with Crippen molar-refractivity contribution in [1.82, 2.24) is 0 Å². The molecule has 0 bridgehead atoms. The summed E-state index contributed by atoms with van der Waals surface area (Å²) in [4.78, 5) is 11.1. The molecule has 2 aromatic carbocycles. The number of rotatable bonds is 2. The van der Waals surface area contributed by atoms with Crippen LogP contribution in [0.2, 0.25) is 5.02 Å². The van der Waals surface area contributed by atoms with Gasteiger partial charge in [-0.15, -0.1) is 0 Å². The van der Waals surface area contributed by atoms with Gasteiger partial charge in [-0.25, -0.2) is 4.79 Å². The van der Waals surface area contributed by atoms with Crippen LogP contribution in [0.3, 0.4) is 0 Å². The molecule has 0 amide bonds. The van der Waals surface area contributed by atoms with E-state index in [0.29, 0.717) is 16.0 Å². The van der Waals surface area contributed by atoms with Crippen LogP contribution in [0.25, 0.3) is 22.1 Å². The monoisotopic (exact) mass is 272 g/mol. The lowest BCUT2D eigenvalue weighted by Gasteiger charge is -2.03. The molecule has 3 rings (SSSR count). The van der Waals surface area contributed by atoms with Crippen LogP contribution in [0.4, 0.5) is 0 Å². The molecule has 0 fully saturated rings. The van der Waals surface area contributed by atoms with Crippen LogP contribution in [0.5, 0.6) is 0 Å². The van der Waals surface area contributed by atoms with E-state index in [0.717, 1.165) is 11.1 Å². The van der Waals surface area contributed by atoms with Gasteiger partial charge in [-0.05, 0) is 23.3 Å². The van der Waals surface area contributed by atoms with E-state index in [4.69, 9.17) is 21.1 Å². The maximum absolute atomic E-state index is 11.1. The van der Waals surface area contributed by atoms with Crippen molar-refractivity contribution in [2.45, 2.75) is 0 Å². The summed E-state index contributed by atoms with van der Waals surface area (Å²) in [5.74, 6) is -1.03. The van der Waals surface area contributed by atoms with E-state index in [2.05, 4.69) is 0 Å². The van der Waals surface area contributed by atoms with Crippen molar-refractivity contribution in [3.63, 3.8) is 0 Å². The fourth-order valence-corrected chi connectivity index (χ4v) is 2.32. The molecule has 0 aliphatic heterocycles. The predicted octanol–water partition coefficient (Wildman–Crippen LogP) is 4.45. The number of carboxylic acids is 1. The van der Waals surface area contributed by atoms with Gasteiger partial charge in [0.25, 0.3) is 0 Å². The summed E-state index contributed by atoms with van der Waals surface area (Å²) in [6, 6.07) is 13.2. The van der Waals surface area contributed by atoms with Crippen molar-refractivity contribution in [2.75, 3.05) is 0 Å². The number of furan rings is 1. The summed E-state index contributed by atoms with van der Waals surface area (Å²) < 4.78 is 5.22. The molecule has 0 saturated carbocycles. The molecular formula is C15H9ClO3. The van der Waals surface area contributed by atoms with Gasteiger partial charge in [-0.2, -0.15) is 0 Å². The molecule has 1 N–H and O–H groups in total. The number of benzene rings is 2. The highest BCUT2D eigenvalue weighted by Gasteiger charge is 2.16. The Bertz CT molecular complexity index is 760. The summed E-state index contributed by atoms with van der Waals surface area (Å²) in [6.45, 7) is 0. The van der Waals surface area contributed by atoms with Crippen molar-refractivity contribution >= 4 is 28.5 Å². The minimum Gasteiger partial charge on any atom is -0.478 e. The highest BCUT2D eigenvalue weighted by atomic mass is 35.5. The third kappa shape index (κ3) is 1.98. The van der Waals surface area contributed by atoms with E-state index >= 15 is 0 Å². The summed E-state index contributed by atoms with van der Waals surface area (Å²) in [5.41, 5.74) is 2.36. The van der Waals surface area contributed by atoms with Gasteiger partial charge < -0.3 is 9.52 Å². The quantitative estimate of drug-likeness (QED) is 0.750. The van der Waals surface area contributed by atoms with Crippen LogP contribution < -0.4 is 0 Å². The van der Waals surface area contributed by atoms with Crippen LogP contribution >= 0.6 is 11.6 Å². The molecule has 1 aromatic heterocycles. The Labute approximate surface area is 114 Å². The number of carbonyl (C=O) groups is 1. The minimum atomic E-state index is -1.03. The predicted molar refractivity (Wildman–Crippen MR) is 73.6 cm³/mol. The Hall–Kier alpha value is -2.26. The molecular weight excluding hydrogens is 264 g/mol. The van der Waals surface area contributed by atoms with Crippen LogP contribution in [-0.4, -0.2) is 11.1 Å². The number of halogens is 1. The molecule has 0 spiro atoms. The van der Waals surface area contributed by atoms with Crippen molar-refractivity contribution in [3.05, 3.63) is 59.3 Å². The van der Waals surface area contributed by atoms with Crippen LogP contribution in [-0.2, 0) is 0 Å². The second-order valence-electron chi connectivity index (χ2n) is 4.16. The Balaban J connectivity index is 2.28. The van der Waals surface area contributed by atoms with Crippen LogP contribution in [0.15, 0.2) is 53.1 Å². The molecule has 94 valence electrons. The molecule has 0 atom stereocenters. The van der Waals surface area contributed by atoms with Crippen LogP contribution in [0, 0.1) is 0 Å². The maximum atomic E-state index is 11.1. The number of aromatic carboxylic acids is 1. The number of fused-ring (bicyclic) bond motifs is 1. The van der Waals surface area contributed by atoms with Crippen LogP contribution in [0.1, 0.15) is 10.4 Å². The van der Waals surface area contributed by atoms with E-state index < -0.39 is 5.97 Å². The van der Waals surface area contributed by atoms with Gasteiger partial charge in [-0.3, -0.25) is 0 Å². The highest BCUT2D eigenvalue weighted by Crippen LogP contribution is 2.33. The lowest BCUT2D eigenvalue weighted by Crippen LogP contribution is -1.93. The second-order valence-corrected chi connectivity index (χ2v) is 4.56. The van der Waals surface area contributed by atoms with E-state index in [1.165, 1.54) is 6.26 Å². The molecule has 3 aromatic rings. The lowest BCUT2D eigenvalue weighted by molar-refractivity contribution is 0.0698. The second kappa shape index (κ2) is 4.44. The number of hydrogen-bond donors (Lipinski definition) is 1. The Kier molecular flexibility index (Phi) is 2.76. The Morgan fingerprint density at radius 3 is 2.53 bits per heavy atom. The maximum Gasteiger partial charge on any atom is 0.339 e. The lowest BCUT2D eigenvalue weighted by atomic mass is 10.0. The SMILES string of the molecule is O=C(O)c1coc2c(Cl)cc(-c3ccccc3)cc12. The molecule has 3 nitrogen and oxygen atoms in total. The van der Waals surface area contributed by atoms with E-state index in [-0.39, 0.29) is 5.56 Å². The zero-order chi connectivity index (χ0) is 13.4. The third-order valence-electron chi connectivity index (χ3n) is 2.97. The molecule has 0 saturated heterocycles. The molecule has 0 aliphatic carbocycles. The molecule has 0 aliphatic rings. The highest BCUT2D eigenvalue weighted by molar-refractivity contribution is 6.35. The molecule has 4 heteroatoms. The zero-order valence-electron chi connectivity index (χ0n) is 9.76. The topological polar surface area (TPSA) is 50.4 Å². The van der Waals surface area contributed by atoms with Crippen molar-refractivity contribution in [2.24, 2.45) is 0 Å². The van der Waals surface area contributed by atoms with Crippen molar-refractivity contribution in [1.29, 1.82) is 0 Å². The van der Waals surface area contributed by atoms with E-state index in [9.17, 15) is 4.79 Å². The molecule has 1 heterocycles. The fourth-order valence-electron chi connectivity index (χ4n) is 2.06.